The Labute approximate surface area is 222 Å². The van der Waals surface area contributed by atoms with Gasteiger partial charge >= 0.3 is 0 Å². The summed E-state index contributed by atoms with van der Waals surface area (Å²) in [6.45, 7) is 5.44. The van der Waals surface area contributed by atoms with E-state index in [1.54, 1.807) is 13.2 Å². The van der Waals surface area contributed by atoms with Crippen molar-refractivity contribution in [2.75, 3.05) is 12.8 Å². The number of halogens is 1. The van der Waals surface area contributed by atoms with Crippen LogP contribution < -0.4 is 10.6 Å². The maximum absolute atomic E-state index is 13.2. The molecular formula is C24H42ClN5O5S. The van der Waals surface area contributed by atoms with Crippen LogP contribution in [0.3, 0.4) is 0 Å². The fraction of sp³-hybridized carbons (Fsp3) is 0.875. The van der Waals surface area contributed by atoms with Crippen LogP contribution in [0.15, 0.2) is 6.20 Å². The molecule has 0 aliphatic carbocycles. The van der Waals surface area contributed by atoms with Gasteiger partial charge in [-0.15, -0.1) is 28.5 Å². The van der Waals surface area contributed by atoms with Gasteiger partial charge in [-0.1, -0.05) is 18.6 Å². The van der Waals surface area contributed by atoms with Gasteiger partial charge in [0.15, 0.2) is 0 Å². The fourth-order valence-electron chi connectivity index (χ4n) is 5.07. The molecule has 2 aliphatic heterocycles. The Balaban J connectivity index is 1.50. The Morgan fingerprint density at radius 3 is 2.78 bits per heavy atom. The summed E-state index contributed by atoms with van der Waals surface area (Å²) >= 11 is 7.62. The molecule has 3 rings (SSSR count). The lowest BCUT2D eigenvalue weighted by molar-refractivity contribution is -0.205. The number of nitrogens with one attached hydrogen (secondary N) is 2. The first-order valence-corrected chi connectivity index (χ1v) is 14.8. The van der Waals surface area contributed by atoms with Crippen LogP contribution in [0.2, 0.25) is 0 Å². The third-order valence-corrected chi connectivity index (χ3v) is 8.34. The summed E-state index contributed by atoms with van der Waals surface area (Å²) in [5.41, 5.74) is 0.311. The quantitative estimate of drug-likeness (QED) is 0.257. The molecule has 0 bridgehead atoms. The van der Waals surface area contributed by atoms with Gasteiger partial charge in [0, 0.05) is 12.7 Å². The van der Waals surface area contributed by atoms with Gasteiger partial charge in [-0.3, -0.25) is 9.48 Å². The minimum absolute atomic E-state index is 0.198. The molecule has 0 spiro atoms. The average molecular weight is 548 g/mol. The predicted molar refractivity (Wildman–Crippen MR) is 140 cm³/mol. The van der Waals surface area contributed by atoms with Crippen molar-refractivity contribution in [1.82, 2.24) is 25.6 Å². The first-order chi connectivity index (χ1) is 17.2. The summed E-state index contributed by atoms with van der Waals surface area (Å²) in [5.74, 6) is 0.329. The number of ether oxygens (including phenoxy) is 1. The zero-order chi connectivity index (χ0) is 26.2. The van der Waals surface area contributed by atoms with E-state index in [4.69, 9.17) is 16.3 Å². The SMILES string of the molecule is CCCc1cn(CCCC2CCNC(C(=O)NC(C(C)Cl)C3OC(SC)C(O)C(O)C3O)CC2)nn1. The van der Waals surface area contributed by atoms with Gasteiger partial charge in [0.1, 0.15) is 29.9 Å². The van der Waals surface area contributed by atoms with E-state index < -0.39 is 41.3 Å². The molecule has 0 saturated carbocycles. The lowest BCUT2D eigenvalue weighted by Crippen LogP contribution is -2.65. The third-order valence-electron chi connectivity index (χ3n) is 7.21. The highest BCUT2D eigenvalue weighted by Gasteiger charge is 2.48. The minimum Gasteiger partial charge on any atom is -0.388 e. The summed E-state index contributed by atoms with van der Waals surface area (Å²) < 4.78 is 7.77. The van der Waals surface area contributed by atoms with Crippen molar-refractivity contribution >= 4 is 29.3 Å². The topological polar surface area (TPSA) is 142 Å². The molecule has 2 fully saturated rings. The second kappa shape index (κ2) is 14.3. The molecule has 9 unspecified atom stereocenters. The molecule has 1 amide bonds. The highest BCUT2D eigenvalue weighted by atomic mass is 35.5. The van der Waals surface area contributed by atoms with Crippen LogP contribution >= 0.6 is 23.4 Å². The zero-order valence-corrected chi connectivity index (χ0v) is 23.0. The summed E-state index contributed by atoms with van der Waals surface area (Å²) in [6, 6.07) is -1.10. The predicted octanol–water partition coefficient (Wildman–Crippen LogP) is 1.05. The van der Waals surface area contributed by atoms with Gasteiger partial charge in [-0.05, 0) is 64.2 Å². The van der Waals surface area contributed by atoms with Crippen molar-refractivity contribution in [2.45, 2.75) is 113 Å². The highest BCUT2D eigenvalue weighted by molar-refractivity contribution is 7.99. The monoisotopic (exact) mass is 547 g/mol. The number of amides is 1. The van der Waals surface area contributed by atoms with Crippen molar-refractivity contribution in [2.24, 2.45) is 5.92 Å². The van der Waals surface area contributed by atoms with Crippen molar-refractivity contribution in [3.63, 3.8) is 0 Å². The van der Waals surface area contributed by atoms with E-state index in [2.05, 4.69) is 27.9 Å². The number of nitrogens with zero attached hydrogens (tertiary/aromatic N) is 3. The summed E-state index contributed by atoms with van der Waals surface area (Å²) in [5, 5.41) is 45.1. The van der Waals surface area contributed by atoms with Gasteiger partial charge in [-0.2, -0.15) is 0 Å². The first-order valence-electron chi connectivity index (χ1n) is 13.0. The number of carbonyl (C=O) groups is 1. The molecule has 206 valence electrons. The molecule has 12 heteroatoms. The zero-order valence-electron chi connectivity index (χ0n) is 21.4. The molecule has 1 aromatic heterocycles. The van der Waals surface area contributed by atoms with Crippen molar-refractivity contribution in [3.8, 4) is 0 Å². The first kappa shape index (κ1) is 29.6. The third kappa shape index (κ3) is 7.78. The van der Waals surface area contributed by atoms with Crippen molar-refractivity contribution in [1.29, 1.82) is 0 Å². The Hall–Kier alpha value is -0.950. The van der Waals surface area contributed by atoms with Crippen molar-refractivity contribution < 1.29 is 24.9 Å². The largest absolute Gasteiger partial charge is 0.388 e. The molecule has 10 nitrogen and oxygen atoms in total. The van der Waals surface area contributed by atoms with E-state index in [1.807, 2.05) is 10.9 Å². The Morgan fingerprint density at radius 2 is 2.08 bits per heavy atom. The minimum atomic E-state index is -1.39. The van der Waals surface area contributed by atoms with E-state index in [0.29, 0.717) is 12.3 Å². The molecule has 9 atom stereocenters. The molecule has 0 radical (unpaired) electrons. The number of aryl methyl sites for hydroxylation is 2. The smallest absolute Gasteiger partial charge is 0.237 e. The summed E-state index contributed by atoms with van der Waals surface area (Å²) in [6.07, 6.45) is 5.59. The average Bonchev–Trinajstić information content (AvgIpc) is 3.16. The van der Waals surface area contributed by atoms with Crippen molar-refractivity contribution in [3.05, 3.63) is 11.9 Å². The second-order valence-corrected chi connectivity index (χ2v) is 11.6. The van der Waals surface area contributed by atoms with E-state index >= 15 is 0 Å². The molecule has 36 heavy (non-hydrogen) atoms. The van der Waals surface area contributed by atoms with Crippen LogP contribution in [0.1, 0.15) is 58.1 Å². The number of aliphatic hydroxyl groups is 3. The normalized spacial score (nSPS) is 33.0. The number of aromatic nitrogens is 3. The highest BCUT2D eigenvalue weighted by Crippen LogP contribution is 2.30. The van der Waals surface area contributed by atoms with E-state index in [1.165, 1.54) is 11.8 Å². The molecule has 2 aliphatic rings. The van der Waals surface area contributed by atoms with E-state index in [9.17, 15) is 20.1 Å². The van der Waals surface area contributed by atoms with Crippen LogP contribution in [0.4, 0.5) is 0 Å². The van der Waals surface area contributed by atoms with Crippen LogP contribution in [0.5, 0.6) is 0 Å². The summed E-state index contributed by atoms with van der Waals surface area (Å²) in [4.78, 5) is 13.2. The number of aliphatic hydroxyl groups excluding tert-OH is 3. The molecule has 2 saturated heterocycles. The Kier molecular flexibility index (Phi) is 11.7. The number of alkyl halides is 1. The molecule has 5 N–H and O–H groups in total. The second-order valence-electron chi connectivity index (χ2n) is 9.99. The number of rotatable bonds is 11. The lowest BCUT2D eigenvalue weighted by atomic mass is 9.92. The van der Waals surface area contributed by atoms with Crippen LogP contribution in [0.25, 0.3) is 0 Å². The number of hydrogen-bond acceptors (Lipinski definition) is 9. The van der Waals surface area contributed by atoms with Crippen LogP contribution in [-0.2, 0) is 22.5 Å². The lowest BCUT2D eigenvalue weighted by Gasteiger charge is -2.44. The number of thioether (sulfide) groups is 1. The molecular weight excluding hydrogens is 506 g/mol. The Bertz CT molecular complexity index is 816. The van der Waals surface area contributed by atoms with Gasteiger partial charge in [0.05, 0.1) is 23.2 Å². The van der Waals surface area contributed by atoms with Crippen LogP contribution in [0, 0.1) is 5.92 Å². The van der Waals surface area contributed by atoms with E-state index in [0.717, 1.165) is 57.3 Å². The van der Waals surface area contributed by atoms with Gasteiger partial charge in [-0.25, -0.2) is 0 Å². The Morgan fingerprint density at radius 1 is 1.31 bits per heavy atom. The maximum Gasteiger partial charge on any atom is 0.237 e. The maximum atomic E-state index is 13.2. The van der Waals surface area contributed by atoms with Gasteiger partial charge in [0.25, 0.3) is 0 Å². The van der Waals surface area contributed by atoms with Gasteiger partial charge < -0.3 is 30.7 Å². The molecule has 1 aromatic rings. The summed E-state index contributed by atoms with van der Waals surface area (Å²) in [7, 11) is 0. The molecule has 3 heterocycles. The molecule has 0 aromatic carbocycles. The van der Waals surface area contributed by atoms with Crippen LogP contribution in [-0.4, -0.2) is 96.3 Å². The van der Waals surface area contributed by atoms with Gasteiger partial charge in [0.2, 0.25) is 5.91 Å². The number of carbonyl (C=O) groups excluding carboxylic acids is 1. The number of hydrogen-bond donors (Lipinski definition) is 5. The standard InChI is InChI=1S/C24H42ClN5O5S/c1-4-6-16-13-30(29-28-16)12-5-7-15-8-9-17(26-11-10-15)23(34)27-18(14(2)25)22-20(32)19(31)21(33)24(35-22)36-3/h13-15,17-22,24,26,31-33H,4-12H2,1-3H3,(H,27,34). The fourth-order valence-corrected chi connectivity index (χ4v) is 5.96. The van der Waals surface area contributed by atoms with E-state index in [-0.39, 0.29) is 11.9 Å².